The van der Waals surface area contributed by atoms with Gasteiger partial charge in [0.25, 0.3) is 0 Å². The number of hydrogen-bond acceptors (Lipinski definition) is 0. The fourth-order valence-electron chi connectivity index (χ4n) is 8.62. The molecule has 0 aliphatic rings. The first kappa shape index (κ1) is 26.6. The Morgan fingerprint density at radius 1 is 0.306 bits per heavy atom. The Hall–Kier alpha value is -6.44. The van der Waals surface area contributed by atoms with Gasteiger partial charge < -0.3 is 4.98 Å². The summed E-state index contributed by atoms with van der Waals surface area (Å²) in [5, 5.41) is 17.8. The van der Waals surface area contributed by atoms with Crippen LogP contribution in [0.4, 0.5) is 0 Å². The predicted molar refractivity (Wildman–Crippen MR) is 212 cm³/mol. The fraction of sp³-hybridized carbons (Fsp3) is 0. The third-order valence-electron chi connectivity index (χ3n) is 10.7. The van der Waals surface area contributed by atoms with Crippen LogP contribution in [0.1, 0.15) is 0 Å². The third-order valence-corrected chi connectivity index (χ3v) is 10.7. The van der Waals surface area contributed by atoms with Gasteiger partial charge in [0.2, 0.25) is 0 Å². The quantitative estimate of drug-likeness (QED) is 0.146. The average Bonchev–Trinajstić information content (AvgIpc) is 3.55. The number of hydrogen-bond donors (Lipinski definition) is 1. The van der Waals surface area contributed by atoms with E-state index in [1.54, 1.807) is 0 Å². The summed E-state index contributed by atoms with van der Waals surface area (Å²) in [5.74, 6) is 0. The molecule has 0 spiro atoms. The number of H-pyrrole nitrogens is 1. The normalized spacial score (nSPS) is 12.1. The summed E-state index contributed by atoms with van der Waals surface area (Å²) >= 11 is 0. The zero-order valence-electron chi connectivity index (χ0n) is 26.7. The minimum absolute atomic E-state index is 1.16. The molecule has 0 radical (unpaired) electrons. The topological polar surface area (TPSA) is 15.8 Å². The summed E-state index contributed by atoms with van der Waals surface area (Å²) in [6.07, 6.45) is 0. The van der Waals surface area contributed by atoms with E-state index < -0.39 is 0 Å². The summed E-state index contributed by atoms with van der Waals surface area (Å²) in [4.78, 5) is 3.81. The molecular weight excluding hydrogens is 591 g/mol. The van der Waals surface area contributed by atoms with Crippen molar-refractivity contribution in [3.8, 4) is 22.3 Å². The molecule has 1 aromatic heterocycles. The van der Waals surface area contributed by atoms with Crippen molar-refractivity contribution in [2.75, 3.05) is 0 Å². The van der Waals surface area contributed by atoms with Crippen molar-refractivity contribution in [1.29, 1.82) is 0 Å². The van der Waals surface area contributed by atoms with E-state index in [0.29, 0.717) is 0 Å². The van der Waals surface area contributed by atoms with Crippen LogP contribution < -0.4 is 0 Å². The molecule has 0 aliphatic heterocycles. The van der Waals surface area contributed by atoms with Crippen LogP contribution in [-0.4, -0.2) is 4.98 Å². The third kappa shape index (κ3) is 3.76. The van der Waals surface area contributed by atoms with Crippen LogP contribution in [-0.2, 0) is 0 Å². The lowest BCUT2D eigenvalue weighted by Gasteiger charge is -2.20. The lowest BCUT2D eigenvalue weighted by molar-refractivity contribution is 1.56. The molecule has 10 aromatic carbocycles. The maximum atomic E-state index is 3.81. The minimum Gasteiger partial charge on any atom is -0.354 e. The van der Waals surface area contributed by atoms with Gasteiger partial charge in [-0.05, 0) is 93.6 Å². The van der Waals surface area contributed by atoms with Gasteiger partial charge >= 0.3 is 0 Å². The van der Waals surface area contributed by atoms with Crippen molar-refractivity contribution in [2.45, 2.75) is 0 Å². The highest BCUT2D eigenvalue weighted by atomic mass is 14.7. The van der Waals surface area contributed by atoms with Gasteiger partial charge in [0, 0.05) is 21.7 Å². The van der Waals surface area contributed by atoms with Crippen LogP contribution in [0.2, 0.25) is 0 Å². The van der Waals surface area contributed by atoms with Crippen molar-refractivity contribution in [3.63, 3.8) is 0 Å². The maximum Gasteiger partial charge on any atom is 0.0544 e. The summed E-state index contributed by atoms with van der Waals surface area (Å²) in [6, 6.07) is 62.8. The first-order chi connectivity index (χ1) is 24.3. The van der Waals surface area contributed by atoms with Gasteiger partial charge in [-0.3, -0.25) is 0 Å². The SMILES string of the molecule is c1ccc2c(c1)ccc1c3ccc(-c4c5ccccc5c(-c5cc6ccc7ccccc7c6c6ccccc56)c5ccccc45)cc3[nH]c21. The first-order valence-electron chi connectivity index (χ1n) is 17.0. The minimum atomic E-state index is 1.16. The molecule has 1 N–H and O–H groups in total. The van der Waals surface area contributed by atoms with E-state index in [-0.39, 0.29) is 0 Å². The smallest absolute Gasteiger partial charge is 0.0544 e. The van der Waals surface area contributed by atoms with E-state index in [0.717, 1.165) is 5.52 Å². The van der Waals surface area contributed by atoms with Gasteiger partial charge in [-0.25, -0.2) is 0 Å². The van der Waals surface area contributed by atoms with Gasteiger partial charge in [0.1, 0.15) is 0 Å². The Morgan fingerprint density at radius 3 is 1.53 bits per heavy atom. The van der Waals surface area contributed by atoms with E-state index in [2.05, 4.69) is 175 Å². The molecule has 226 valence electrons. The highest BCUT2D eigenvalue weighted by Crippen LogP contribution is 2.47. The lowest BCUT2D eigenvalue weighted by atomic mass is 9.83. The van der Waals surface area contributed by atoms with Crippen LogP contribution in [0.15, 0.2) is 170 Å². The van der Waals surface area contributed by atoms with Crippen molar-refractivity contribution in [1.82, 2.24) is 4.98 Å². The van der Waals surface area contributed by atoms with E-state index in [9.17, 15) is 0 Å². The molecule has 11 aromatic rings. The Balaban J connectivity index is 1.23. The van der Waals surface area contributed by atoms with Crippen molar-refractivity contribution in [2.24, 2.45) is 0 Å². The molecule has 0 bridgehead atoms. The molecule has 11 rings (SSSR count). The molecule has 0 fully saturated rings. The largest absolute Gasteiger partial charge is 0.354 e. The van der Waals surface area contributed by atoms with E-state index >= 15 is 0 Å². The molecule has 1 nitrogen and oxygen atoms in total. The summed E-state index contributed by atoms with van der Waals surface area (Å²) in [7, 11) is 0. The molecule has 1 heterocycles. The monoisotopic (exact) mass is 619 g/mol. The van der Waals surface area contributed by atoms with Crippen LogP contribution in [0, 0.1) is 0 Å². The van der Waals surface area contributed by atoms with E-state index in [4.69, 9.17) is 0 Å². The van der Waals surface area contributed by atoms with E-state index in [1.165, 1.54) is 103 Å². The maximum absolute atomic E-state index is 3.81. The molecule has 49 heavy (non-hydrogen) atoms. The van der Waals surface area contributed by atoms with Crippen molar-refractivity contribution in [3.05, 3.63) is 170 Å². The molecule has 0 unspecified atom stereocenters. The van der Waals surface area contributed by atoms with Gasteiger partial charge in [-0.2, -0.15) is 0 Å². The molecular formula is C48H29N. The number of rotatable bonds is 2. The number of benzene rings is 10. The van der Waals surface area contributed by atoms with Gasteiger partial charge in [-0.1, -0.05) is 158 Å². The number of nitrogens with one attached hydrogen (secondary N) is 1. The fourth-order valence-corrected chi connectivity index (χ4v) is 8.62. The van der Waals surface area contributed by atoms with Crippen LogP contribution in [0.25, 0.3) is 109 Å². The van der Waals surface area contributed by atoms with Crippen molar-refractivity contribution < 1.29 is 0 Å². The Labute approximate surface area is 282 Å². The molecule has 0 amide bonds. The number of aromatic amines is 1. The first-order valence-corrected chi connectivity index (χ1v) is 17.0. The molecule has 0 saturated heterocycles. The van der Waals surface area contributed by atoms with Gasteiger partial charge in [-0.15, -0.1) is 0 Å². The van der Waals surface area contributed by atoms with Gasteiger partial charge in [0.15, 0.2) is 0 Å². The van der Waals surface area contributed by atoms with Gasteiger partial charge in [0.05, 0.1) is 5.52 Å². The number of aromatic nitrogens is 1. The summed E-state index contributed by atoms with van der Waals surface area (Å²) in [5.41, 5.74) is 7.42. The highest BCUT2D eigenvalue weighted by molar-refractivity contribution is 6.29. The Morgan fingerprint density at radius 2 is 0.816 bits per heavy atom. The molecule has 1 heteroatoms. The Kier molecular flexibility index (Phi) is 5.45. The zero-order valence-corrected chi connectivity index (χ0v) is 26.7. The second kappa shape index (κ2) is 10.0. The highest BCUT2D eigenvalue weighted by Gasteiger charge is 2.20. The molecule has 0 aliphatic carbocycles. The van der Waals surface area contributed by atoms with Crippen LogP contribution in [0.5, 0.6) is 0 Å². The second-order valence-corrected chi connectivity index (χ2v) is 13.3. The predicted octanol–water partition coefficient (Wildman–Crippen LogP) is 13.6. The Bertz CT molecular complexity index is 3100. The lowest BCUT2D eigenvalue weighted by Crippen LogP contribution is -1.92. The average molecular weight is 620 g/mol. The van der Waals surface area contributed by atoms with E-state index in [1.807, 2.05) is 0 Å². The van der Waals surface area contributed by atoms with Crippen LogP contribution in [0.3, 0.4) is 0 Å². The zero-order chi connectivity index (χ0) is 32.1. The summed E-state index contributed by atoms with van der Waals surface area (Å²) < 4.78 is 0. The summed E-state index contributed by atoms with van der Waals surface area (Å²) in [6.45, 7) is 0. The van der Waals surface area contributed by atoms with Crippen LogP contribution >= 0.6 is 0 Å². The standard InChI is InChI=1S/C48H29N/c1-3-13-33-29(11-1)21-22-31-27-43(35-15-5-6-16-37(35)45(31)33)47-40-19-9-7-17-38(40)46(39-18-8-10-20-41(39)47)32-24-25-36-42-26-23-30-12-2-4-14-34(30)48(42)49-44(36)28-32/h1-28,49H. The second-order valence-electron chi connectivity index (χ2n) is 13.3. The number of fused-ring (bicyclic) bond motifs is 12. The van der Waals surface area contributed by atoms with Crippen molar-refractivity contribution >= 4 is 86.4 Å². The molecule has 0 atom stereocenters. The molecule has 0 saturated carbocycles.